The maximum absolute atomic E-state index is 11.8. The van der Waals surface area contributed by atoms with Gasteiger partial charge in [0.25, 0.3) is 9.05 Å². The molecule has 0 radical (unpaired) electrons. The van der Waals surface area contributed by atoms with E-state index in [1.54, 1.807) is 13.8 Å². The minimum Gasteiger partial charge on any atom is -0.381 e. The predicted octanol–water partition coefficient (Wildman–Crippen LogP) is 1.70. The largest absolute Gasteiger partial charge is 0.381 e. The number of halogens is 1. The Morgan fingerprint density at radius 1 is 1.25 bits per heavy atom. The molecule has 1 aromatic rings. The molecule has 0 bridgehead atoms. The third-order valence-electron chi connectivity index (χ3n) is 2.45. The van der Waals surface area contributed by atoms with Gasteiger partial charge < -0.3 is 4.74 Å². The molecule has 0 saturated heterocycles. The number of ether oxygens (including phenoxy) is 1. The molecule has 0 aromatic heterocycles. The molecule has 0 unspecified atom stereocenters. The van der Waals surface area contributed by atoms with Gasteiger partial charge in [-0.05, 0) is 37.6 Å². The number of nitrogens with one attached hydrogen (secondary N) is 1. The van der Waals surface area contributed by atoms with Crippen molar-refractivity contribution in [2.45, 2.75) is 18.7 Å². The van der Waals surface area contributed by atoms with Crippen molar-refractivity contribution in [1.29, 1.82) is 0 Å². The maximum atomic E-state index is 11.8. The fraction of sp³-hybridized carbons (Fsp3) is 0.455. The fourth-order valence-electron chi connectivity index (χ4n) is 1.43. The van der Waals surface area contributed by atoms with Crippen LogP contribution in [0, 0.1) is 6.92 Å². The molecule has 9 heteroatoms. The first kappa shape index (κ1) is 17.2. The van der Waals surface area contributed by atoms with Crippen molar-refractivity contribution in [1.82, 2.24) is 0 Å². The summed E-state index contributed by atoms with van der Waals surface area (Å²) in [6, 6.07) is 3.92. The van der Waals surface area contributed by atoms with Crippen LogP contribution in [0.25, 0.3) is 0 Å². The van der Waals surface area contributed by atoms with E-state index in [0.717, 1.165) is 0 Å². The van der Waals surface area contributed by atoms with E-state index in [0.29, 0.717) is 17.9 Å². The number of hydrogen-bond donors (Lipinski definition) is 1. The molecule has 114 valence electrons. The van der Waals surface area contributed by atoms with Crippen molar-refractivity contribution >= 4 is 35.4 Å². The van der Waals surface area contributed by atoms with Crippen LogP contribution in [-0.4, -0.2) is 35.8 Å². The molecule has 0 saturated carbocycles. The highest BCUT2D eigenvalue weighted by Crippen LogP contribution is 2.22. The number of hydrogen-bond acceptors (Lipinski definition) is 5. The molecule has 0 spiro atoms. The van der Waals surface area contributed by atoms with Crippen LogP contribution in [0.2, 0.25) is 0 Å². The van der Waals surface area contributed by atoms with Crippen LogP contribution >= 0.6 is 10.7 Å². The number of anilines is 1. The molecule has 0 atom stereocenters. The van der Waals surface area contributed by atoms with Crippen molar-refractivity contribution in [2.24, 2.45) is 0 Å². The summed E-state index contributed by atoms with van der Waals surface area (Å²) in [4.78, 5) is -0.0751. The summed E-state index contributed by atoms with van der Waals surface area (Å²) in [5.74, 6) is -0.171. The molecular formula is C11H16ClNO5S2. The standard InChI is InChI=1S/C11H16ClNO5S2/c1-3-18-6-7-19(14,15)13-11-5-4-10(8-9(11)2)20(12,16)17/h4-5,8,13H,3,6-7H2,1-2H3. The molecule has 20 heavy (non-hydrogen) atoms. The highest BCUT2D eigenvalue weighted by atomic mass is 35.7. The third-order valence-corrected chi connectivity index (χ3v) is 5.03. The van der Waals surface area contributed by atoms with Crippen LogP contribution in [0.4, 0.5) is 5.69 Å². The summed E-state index contributed by atoms with van der Waals surface area (Å²) < 4.78 is 53.2. The Kier molecular flexibility index (Phi) is 5.81. The van der Waals surface area contributed by atoms with Crippen molar-refractivity contribution in [2.75, 3.05) is 23.7 Å². The Hall–Kier alpha value is -0.830. The first-order valence-electron chi connectivity index (χ1n) is 5.79. The number of benzene rings is 1. The van der Waals surface area contributed by atoms with Gasteiger partial charge in [-0.2, -0.15) is 0 Å². The van der Waals surface area contributed by atoms with E-state index in [2.05, 4.69) is 4.72 Å². The minimum atomic E-state index is -3.83. The highest BCUT2D eigenvalue weighted by molar-refractivity contribution is 8.13. The Morgan fingerprint density at radius 3 is 2.40 bits per heavy atom. The van der Waals surface area contributed by atoms with Gasteiger partial charge in [-0.25, -0.2) is 16.8 Å². The van der Waals surface area contributed by atoms with Crippen molar-refractivity contribution in [3.05, 3.63) is 23.8 Å². The van der Waals surface area contributed by atoms with E-state index < -0.39 is 19.1 Å². The van der Waals surface area contributed by atoms with Crippen LogP contribution in [0.1, 0.15) is 12.5 Å². The average molecular weight is 342 g/mol. The zero-order chi connectivity index (χ0) is 15.4. The second-order valence-electron chi connectivity index (χ2n) is 4.03. The highest BCUT2D eigenvalue weighted by Gasteiger charge is 2.15. The predicted molar refractivity (Wildman–Crippen MR) is 78.1 cm³/mol. The maximum Gasteiger partial charge on any atom is 0.261 e. The zero-order valence-corrected chi connectivity index (χ0v) is 13.5. The van der Waals surface area contributed by atoms with Gasteiger partial charge in [-0.3, -0.25) is 4.72 Å². The third kappa shape index (κ3) is 5.28. The molecule has 0 heterocycles. The van der Waals surface area contributed by atoms with Crippen LogP contribution < -0.4 is 4.72 Å². The van der Waals surface area contributed by atoms with Gasteiger partial charge in [0, 0.05) is 17.3 Å². The molecule has 0 fully saturated rings. The van der Waals surface area contributed by atoms with Crippen molar-refractivity contribution < 1.29 is 21.6 Å². The lowest BCUT2D eigenvalue weighted by Gasteiger charge is -2.11. The average Bonchev–Trinajstić information content (AvgIpc) is 2.30. The van der Waals surface area contributed by atoms with E-state index in [9.17, 15) is 16.8 Å². The summed E-state index contributed by atoms with van der Waals surface area (Å²) >= 11 is 0. The van der Waals surface area contributed by atoms with Crippen LogP contribution in [0.3, 0.4) is 0 Å². The summed E-state index contributed by atoms with van der Waals surface area (Å²) in [5, 5.41) is 0. The van der Waals surface area contributed by atoms with Crippen LogP contribution in [-0.2, 0) is 23.8 Å². The molecule has 1 aromatic carbocycles. The SMILES string of the molecule is CCOCCS(=O)(=O)Nc1ccc(S(=O)(=O)Cl)cc1C. The minimum absolute atomic E-state index is 0.0751. The summed E-state index contributed by atoms with van der Waals surface area (Å²) in [7, 11) is -2.15. The lowest BCUT2D eigenvalue weighted by molar-refractivity contribution is 0.163. The second kappa shape index (κ2) is 6.75. The van der Waals surface area contributed by atoms with E-state index in [4.69, 9.17) is 15.4 Å². The second-order valence-corrected chi connectivity index (χ2v) is 8.44. The molecule has 0 aliphatic heterocycles. The Balaban J connectivity index is 2.89. The molecule has 1 N–H and O–H groups in total. The summed E-state index contributed by atoms with van der Waals surface area (Å²) in [6.07, 6.45) is 0. The summed E-state index contributed by atoms with van der Waals surface area (Å²) in [6.45, 7) is 3.90. The van der Waals surface area contributed by atoms with Gasteiger partial charge in [0.2, 0.25) is 10.0 Å². The fourth-order valence-corrected chi connectivity index (χ4v) is 3.27. The smallest absolute Gasteiger partial charge is 0.261 e. The van der Waals surface area contributed by atoms with E-state index in [1.807, 2.05) is 0 Å². The van der Waals surface area contributed by atoms with Gasteiger partial charge in [-0.15, -0.1) is 0 Å². The van der Waals surface area contributed by atoms with Gasteiger partial charge in [-0.1, -0.05) is 0 Å². The molecule has 0 aliphatic carbocycles. The van der Waals surface area contributed by atoms with Gasteiger partial charge >= 0.3 is 0 Å². The monoisotopic (exact) mass is 341 g/mol. The van der Waals surface area contributed by atoms with Gasteiger partial charge in [0.15, 0.2) is 0 Å². The molecule has 1 rings (SSSR count). The van der Waals surface area contributed by atoms with Gasteiger partial charge in [0.05, 0.1) is 22.9 Å². The first-order chi connectivity index (χ1) is 9.15. The Labute approximate surface area is 123 Å². The van der Waals surface area contributed by atoms with Crippen molar-refractivity contribution in [3.63, 3.8) is 0 Å². The summed E-state index contributed by atoms with van der Waals surface area (Å²) in [5.41, 5.74) is 0.775. The first-order valence-corrected chi connectivity index (χ1v) is 9.75. The van der Waals surface area contributed by atoms with Gasteiger partial charge in [0.1, 0.15) is 0 Å². The number of rotatable bonds is 7. The quantitative estimate of drug-likeness (QED) is 0.602. The zero-order valence-electron chi connectivity index (χ0n) is 11.1. The van der Waals surface area contributed by atoms with E-state index in [-0.39, 0.29) is 17.3 Å². The van der Waals surface area contributed by atoms with Crippen molar-refractivity contribution in [3.8, 4) is 0 Å². The lowest BCUT2D eigenvalue weighted by Crippen LogP contribution is -2.20. The number of aryl methyl sites for hydroxylation is 1. The lowest BCUT2D eigenvalue weighted by atomic mass is 10.2. The molecular weight excluding hydrogens is 326 g/mol. The molecule has 0 amide bonds. The normalized spacial score (nSPS) is 12.3. The van der Waals surface area contributed by atoms with E-state index >= 15 is 0 Å². The molecule has 6 nitrogen and oxygen atoms in total. The van der Waals surface area contributed by atoms with Crippen LogP contribution in [0.5, 0.6) is 0 Å². The van der Waals surface area contributed by atoms with E-state index in [1.165, 1.54) is 18.2 Å². The molecule has 0 aliphatic rings. The Bertz CT molecular complexity index is 670. The topological polar surface area (TPSA) is 89.5 Å². The number of sulfonamides is 1. The Morgan fingerprint density at radius 2 is 1.90 bits per heavy atom. The van der Waals surface area contributed by atoms with Crippen LogP contribution in [0.15, 0.2) is 23.1 Å².